The van der Waals surface area contributed by atoms with Crippen molar-refractivity contribution in [2.45, 2.75) is 18.8 Å². The zero-order valence-corrected chi connectivity index (χ0v) is 21.4. The van der Waals surface area contributed by atoms with E-state index in [2.05, 4.69) is 108 Å². The fourth-order valence-corrected chi connectivity index (χ4v) is 5.79. The van der Waals surface area contributed by atoms with Crippen molar-refractivity contribution in [2.24, 2.45) is 0 Å². The average molecular weight is 488 g/mol. The Kier molecular flexibility index (Phi) is 6.79. The second-order valence-electron chi connectivity index (χ2n) is 9.87. The van der Waals surface area contributed by atoms with E-state index in [0.717, 1.165) is 18.0 Å². The van der Waals surface area contributed by atoms with Crippen LogP contribution in [0.1, 0.15) is 35.4 Å². The van der Waals surface area contributed by atoms with E-state index in [-0.39, 0.29) is 5.92 Å². The number of rotatable bonds is 8. The van der Waals surface area contributed by atoms with Crippen molar-refractivity contribution in [1.82, 2.24) is 4.90 Å². The fraction of sp³-hybridized carbons (Fsp3) is 0.235. The molecular formula is C34H33NO2. The van der Waals surface area contributed by atoms with Gasteiger partial charge in [-0.15, -0.1) is 0 Å². The average Bonchev–Trinajstić information content (AvgIpc) is 3.48. The molecule has 0 bridgehead atoms. The summed E-state index contributed by atoms with van der Waals surface area (Å²) in [7, 11) is 1.72. The molecule has 0 aromatic heterocycles. The lowest BCUT2D eigenvalue weighted by molar-refractivity contribution is 0.236. The van der Waals surface area contributed by atoms with Crippen molar-refractivity contribution < 1.29 is 9.47 Å². The van der Waals surface area contributed by atoms with E-state index < -0.39 is 0 Å². The van der Waals surface area contributed by atoms with E-state index in [9.17, 15) is 0 Å². The van der Waals surface area contributed by atoms with Gasteiger partial charge in [0.2, 0.25) is 0 Å². The monoisotopic (exact) mass is 487 g/mol. The third kappa shape index (κ3) is 4.80. The van der Waals surface area contributed by atoms with Gasteiger partial charge in [-0.3, -0.25) is 4.90 Å². The molecule has 37 heavy (non-hydrogen) atoms. The molecule has 1 fully saturated rings. The third-order valence-electron chi connectivity index (χ3n) is 7.65. The maximum atomic E-state index is 6.50. The Hall–Kier alpha value is -3.82. The largest absolute Gasteiger partial charge is 0.497 e. The molecule has 1 heterocycles. The molecule has 0 radical (unpaired) electrons. The Morgan fingerprint density at radius 2 is 1.38 bits per heavy atom. The summed E-state index contributed by atoms with van der Waals surface area (Å²) in [4.78, 5) is 2.50. The highest BCUT2D eigenvalue weighted by molar-refractivity contribution is 6.09. The minimum atomic E-state index is 0.0170. The van der Waals surface area contributed by atoms with Crippen LogP contribution in [-0.2, 0) is 0 Å². The lowest BCUT2D eigenvalue weighted by Gasteiger charge is -2.25. The van der Waals surface area contributed by atoms with E-state index in [0.29, 0.717) is 6.61 Å². The minimum absolute atomic E-state index is 0.0170. The normalized spacial score (nSPS) is 14.7. The molecule has 1 unspecified atom stereocenters. The maximum absolute atomic E-state index is 6.50. The molecule has 3 heteroatoms. The van der Waals surface area contributed by atoms with Crippen molar-refractivity contribution in [3.8, 4) is 11.5 Å². The van der Waals surface area contributed by atoms with E-state index >= 15 is 0 Å². The van der Waals surface area contributed by atoms with Crippen molar-refractivity contribution >= 4 is 21.5 Å². The lowest BCUT2D eigenvalue weighted by Crippen LogP contribution is -2.25. The number of ether oxygens (including phenoxy) is 2. The number of hydrogen-bond donors (Lipinski definition) is 0. The molecule has 0 aliphatic carbocycles. The molecule has 6 rings (SSSR count). The van der Waals surface area contributed by atoms with Crippen LogP contribution in [0.15, 0.2) is 103 Å². The van der Waals surface area contributed by atoms with Gasteiger partial charge in [-0.25, -0.2) is 0 Å². The van der Waals surface area contributed by atoms with Crippen molar-refractivity contribution in [3.05, 3.63) is 120 Å². The Labute approximate surface area is 219 Å². The summed E-state index contributed by atoms with van der Waals surface area (Å²) in [5, 5.41) is 5.09. The number of nitrogens with zero attached hydrogens (tertiary/aromatic N) is 1. The summed E-state index contributed by atoms with van der Waals surface area (Å²) in [6.45, 7) is 4.04. The molecule has 1 aliphatic heterocycles. The summed E-state index contributed by atoms with van der Waals surface area (Å²) in [6, 6.07) is 36.9. The van der Waals surface area contributed by atoms with E-state index in [4.69, 9.17) is 9.47 Å². The van der Waals surface area contributed by atoms with Gasteiger partial charge in [-0.1, -0.05) is 78.9 Å². The van der Waals surface area contributed by atoms with E-state index in [1.807, 2.05) is 0 Å². The highest BCUT2D eigenvalue weighted by atomic mass is 16.5. The van der Waals surface area contributed by atoms with Gasteiger partial charge in [0.25, 0.3) is 0 Å². The molecule has 1 saturated heterocycles. The molecule has 0 N–H and O–H groups in total. The van der Waals surface area contributed by atoms with Crippen LogP contribution in [0.25, 0.3) is 21.5 Å². The molecule has 3 nitrogen and oxygen atoms in total. The minimum Gasteiger partial charge on any atom is -0.497 e. The molecule has 186 valence electrons. The Bertz CT molecular complexity index is 1500. The summed E-state index contributed by atoms with van der Waals surface area (Å²) in [6.07, 6.45) is 2.59. The summed E-state index contributed by atoms with van der Waals surface area (Å²) < 4.78 is 12.0. The first-order chi connectivity index (χ1) is 18.3. The topological polar surface area (TPSA) is 21.7 Å². The van der Waals surface area contributed by atoms with Crippen LogP contribution in [0.4, 0.5) is 0 Å². The first-order valence-electron chi connectivity index (χ1n) is 13.3. The second kappa shape index (κ2) is 10.7. The van der Waals surface area contributed by atoms with Gasteiger partial charge in [0.1, 0.15) is 18.1 Å². The predicted octanol–water partition coefficient (Wildman–Crippen LogP) is 7.66. The molecule has 0 saturated carbocycles. The lowest BCUT2D eigenvalue weighted by atomic mass is 9.81. The highest BCUT2D eigenvalue weighted by Gasteiger charge is 2.24. The zero-order chi connectivity index (χ0) is 25.0. The zero-order valence-electron chi connectivity index (χ0n) is 21.4. The number of para-hydroxylation sites is 1. The van der Waals surface area contributed by atoms with Gasteiger partial charge in [0, 0.05) is 18.0 Å². The number of methoxy groups -OCH3 is 1. The molecule has 0 amide bonds. The molecule has 5 aromatic carbocycles. The van der Waals surface area contributed by atoms with Crippen molar-refractivity contribution in [3.63, 3.8) is 0 Å². The first kappa shape index (κ1) is 23.6. The van der Waals surface area contributed by atoms with Crippen molar-refractivity contribution in [2.75, 3.05) is 33.4 Å². The number of benzene rings is 5. The number of likely N-dealkylation sites (tertiary alicyclic amines) is 1. The summed E-state index contributed by atoms with van der Waals surface area (Å²) in [5.74, 6) is 1.84. The molecule has 5 aromatic rings. The molecular weight excluding hydrogens is 454 g/mol. The van der Waals surface area contributed by atoms with Gasteiger partial charge in [0.05, 0.1) is 7.11 Å². The van der Waals surface area contributed by atoms with Crippen molar-refractivity contribution in [1.29, 1.82) is 0 Å². The third-order valence-corrected chi connectivity index (χ3v) is 7.65. The predicted molar refractivity (Wildman–Crippen MR) is 153 cm³/mol. The summed E-state index contributed by atoms with van der Waals surface area (Å²) >= 11 is 0. The number of hydrogen-bond acceptors (Lipinski definition) is 3. The van der Waals surface area contributed by atoms with Crippen LogP contribution < -0.4 is 9.47 Å². The van der Waals surface area contributed by atoms with Crippen LogP contribution in [0.5, 0.6) is 11.5 Å². The fourth-order valence-electron chi connectivity index (χ4n) is 5.79. The van der Waals surface area contributed by atoms with E-state index in [1.165, 1.54) is 64.2 Å². The highest BCUT2D eigenvalue weighted by Crippen LogP contribution is 2.42. The van der Waals surface area contributed by atoms with Gasteiger partial charge < -0.3 is 9.47 Å². The van der Waals surface area contributed by atoms with Gasteiger partial charge in [0.15, 0.2) is 0 Å². The molecule has 1 atom stereocenters. The Morgan fingerprint density at radius 3 is 2.16 bits per heavy atom. The van der Waals surface area contributed by atoms with E-state index in [1.54, 1.807) is 7.11 Å². The maximum Gasteiger partial charge on any atom is 0.123 e. The number of fused-ring (bicyclic) bond motifs is 3. The van der Waals surface area contributed by atoms with Gasteiger partial charge in [-0.2, -0.15) is 0 Å². The molecule has 1 aliphatic rings. The summed E-state index contributed by atoms with van der Waals surface area (Å²) in [5.41, 5.74) is 3.70. The van der Waals surface area contributed by atoms with Crippen LogP contribution in [-0.4, -0.2) is 38.3 Å². The van der Waals surface area contributed by atoms with Gasteiger partial charge >= 0.3 is 0 Å². The quantitative estimate of drug-likeness (QED) is 0.166. The van der Waals surface area contributed by atoms with Gasteiger partial charge in [-0.05, 0) is 82.9 Å². The Morgan fingerprint density at radius 1 is 0.703 bits per heavy atom. The second-order valence-corrected chi connectivity index (χ2v) is 9.87. The Balaban J connectivity index is 1.50. The van der Waals surface area contributed by atoms with Crippen LogP contribution in [0.2, 0.25) is 0 Å². The first-order valence-corrected chi connectivity index (χ1v) is 13.3. The van der Waals surface area contributed by atoms with Crippen LogP contribution >= 0.6 is 0 Å². The standard InChI is InChI=1S/C34H33NO2/c1-36-27-18-16-25(17-19-27)34(31-14-6-7-15-33(31)37-23-22-35-20-8-9-21-35)32-24-26-10-2-3-11-28(26)29-12-4-5-13-30(29)32/h2-7,10-19,24,34H,8-9,20-23H2,1H3. The SMILES string of the molecule is COc1ccc(C(c2ccccc2OCCN2CCCC2)c2cc3ccccc3c3ccccc23)cc1. The smallest absolute Gasteiger partial charge is 0.123 e. The van der Waals surface area contributed by atoms with Crippen LogP contribution in [0.3, 0.4) is 0 Å². The molecule has 0 spiro atoms. The van der Waals surface area contributed by atoms with Crippen LogP contribution in [0, 0.1) is 0 Å².